The van der Waals surface area contributed by atoms with Crippen molar-refractivity contribution in [2.45, 2.75) is 0 Å². The Balaban J connectivity index is 2.24. The van der Waals surface area contributed by atoms with Crippen molar-refractivity contribution in [3.05, 3.63) is 51.6 Å². The van der Waals surface area contributed by atoms with Gasteiger partial charge in [-0.2, -0.15) is 0 Å². The summed E-state index contributed by atoms with van der Waals surface area (Å²) in [7, 11) is 0. The third kappa shape index (κ3) is 3.00. The van der Waals surface area contributed by atoms with Crippen LogP contribution in [0.15, 0.2) is 41.0 Å². The van der Waals surface area contributed by atoms with Crippen LogP contribution in [0.4, 0.5) is 5.82 Å². The molecule has 0 saturated heterocycles. The third-order valence-electron chi connectivity index (χ3n) is 2.17. The largest absolute Gasteiger partial charge is 0.507 e. The van der Waals surface area contributed by atoms with E-state index in [0.717, 1.165) is 0 Å². The van der Waals surface area contributed by atoms with Gasteiger partial charge in [0, 0.05) is 15.7 Å². The van der Waals surface area contributed by atoms with Gasteiger partial charge in [-0.3, -0.25) is 4.79 Å². The first kappa shape index (κ1) is 12.9. The molecular formula is C12H8BrClN2O2. The lowest BCUT2D eigenvalue weighted by atomic mass is 10.2. The summed E-state index contributed by atoms with van der Waals surface area (Å²) < 4.78 is 0.699. The number of pyridine rings is 1. The lowest BCUT2D eigenvalue weighted by molar-refractivity contribution is 0.102. The smallest absolute Gasteiger partial charge is 0.260 e. The minimum absolute atomic E-state index is 0.0993. The predicted molar refractivity (Wildman–Crippen MR) is 73.0 cm³/mol. The van der Waals surface area contributed by atoms with E-state index in [1.807, 2.05) is 0 Å². The number of nitrogens with one attached hydrogen (secondary N) is 1. The standard InChI is InChI=1S/C12H8BrClN2O2/c13-7-1-2-10(17)9(5-7)12(18)16-11-6-8(14)3-4-15-11/h1-6,17H,(H,15,16,18). The van der Waals surface area contributed by atoms with Gasteiger partial charge in [0.15, 0.2) is 0 Å². The highest BCUT2D eigenvalue weighted by Gasteiger charge is 2.12. The highest BCUT2D eigenvalue weighted by Crippen LogP contribution is 2.23. The number of halogens is 2. The lowest BCUT2D eigenvalue weighted by Gasteiger charge is -2.06. The van der Waals surface area contributed by atoms with Crippen LogP contribution in [0.1, 0.15) is 10.4 Å². The zero-order valence-corrected chi connectivity index (χ0v) is 11.4. The number of aromatic nitrogens is 1. The normalized spacial score (nSPS) is 10.1. The molecule has 2 aromatic rings. The van der Waals surface area contributed by atoms with Crippen molar-refractivity contribution < 1.29 is 9.90 Å². The molecule has 1 heterocycles. The van der Waals surface area contributed by atoms with Crippen LogP contribution in [0.5, 0.6) is 5.75 Å². The molecule has 0 aliphatic carbocycles. The number of anilines is 1. The molecule has 0 unspecified atom stereocenters. The number of nitrogens with zero attached hydrogens (tertiary/aromatic N) is 1. The topological polar surface area (TPSA) is 62.2 Å². The van der Waals surface area contributed by atoms with E-state index < -0.39 is 5.91 Å². The number of aromatic hydroxyl groups is 1. The molecule has 0 fully saturated rings. The minimum Gasteiger partial charge on any atom is -0.507 e. The molecule has 0 saturated carbocycles. The maximum atomic E-state index is 11.9. The van der Waals surface area contributed by atoms with Crippen LogP contribution in [0.25, 0.3) is 0 Å². The van der Waals surface area contributed by atoms with Gasteiger partial charge >= 0.3 is 0 Å². The van der Waals surface area contributed by atoms with Crippen molar-refractivity contribution >= 4 is 39.3 Å². The van der Waals surface area contributed by atoms with E-state index >= 15 is 0 Å². The van der Waals surface area contributed by atoms with Gasteiger partial charge in [-0.05, 0) is 30.3 Å². The Morgan fingerprint density at radius 2 is 2.11 bits per heavy atom. The summed E-state index contributed by atoms with van der Waals surface area (Å²) in [5.74, 6) is -0.229. The Morgan fingerprint density at radius 3 is 2.83 bits per heavy atom. The molecule has 18 heavy (non-hydrogen) atoms. The molecule has 0 atom stereocenters. The summed E-state index contributed by atoms with van der Waals surface area (Å²) >= 11 is 9.02. The Kier molecular flexibility index (Phi) is 3.84. The van der Waals surface area contributed by atoms with Crippen LogP contribution < -0.4 is 5.32 Å². The van der Waals surface area contributed by atoms with E-state index in [0.29, 0.717) is 15.3 Å². The van der Waals surface area contributed by atoms with E-state index in [4.69, 9.17) is 11.6 Å². The maximum Gasteiger partial charge on any atom is 0.260 e. The fourth-order valence-corrected chi connectivity index (χ4v) is 1.87. The summed E-state index contributed by atoms with van der Waals surface area (Å²) in [4.78, 5) is 15.9. The van der Waals surface area contributed by atoms with Crippen LogP contribution in [0, 0.1) is 0 Å². The van der Waals surface area contributed by atoms with Crippen molar-refractivity contribution in [1.29, 1.82) is 0 Å². The number of hydrogen-bond acceptors (Lipinski definition) is 3. The molecule has 4 nitrogen and oxygen atoms in total. The average Bonchev–Trinajstić information content (AvgIpc) is 2.32. The number of phenols is 1. The molecule has 0 aliphatic heterocycles. The minimum atomic E-state index is -0.455. The van der Waals surface area contributed by atoms with Gasteiger partial charge in [-0.15, -0.1) is 0 Å². The molecule has 2 N–H and O–H groups in total. The third-order valence-corrected chi connectivity index (χ3v) is 2.90. The summed E-state index contributed by atoms with van der Waals surface area (Å²) in [6.45, 7) is 0. The highest BCUT2D eigenvalue weighted by atomic mass is 79.9. The number of phenolic OH excluding ortho intramolecular Hbond substituents is 1. The second-order valence-electron chi connectivity index (χ2n) is 3.47. The lowest BCUT2D eigenvalue weighted by Crippen LogP contribution is -2.13. The molecule has 92 valence electrons. The second-order valence-corrected chi connectivity index (χ2v) is 4.83. The van der Waals surface area contributed by atoms with Gasteiger partial charge in [0.05, 0.1) is 5.56 Å². The maximum absolute atomic E-state index is 11.9. The van der Waals surface area contributed by atoms with E-state index in [1.54, 1.807) is 12.1 Å². The van der Waals surface area contributed by atoms with Crippen LogP contribution in [-0.2, 0) is 0 Å². The predicted octanol–water partition coefficient (Wildman–Crippen LogP) is 3.46. The van der Waals surface area contributed by atoms with Crippen LogP contribution in [-0.4, -0.2) is 16.0 Å². The van der Waals surface area contributed by atoms with Crippen LogP contribution in [0.2, 0.25) is 5.02 Å². The van der Waals surface area contributed by atoms with Crippen molar-refractivity contribution in [3.8, 4) is 5.75 Å². The van der Waals surface area contributed by atoms with Gasteiger partial charge in [0.2, 0.25) is 0 Å². The van der Waals surface area contributed by atoms with Gasteiger partial charge in [-0.1, -0.05) is 27.5 Å². The van der Waals surface area contributed by atoms with Crippen LogP contribution >= 0.6 is 27.5 Å². The Bertz CT molecular complexity index is 604. The number of hydrogen-bond donors (Lipinski definition) is 2. The number of carbonyl (C=O) groups excluding carboxylic acids is 1. The van der Waals surface area contributed by atoms with Gasteiger partial charge < -0.3 is 10.4 Å². The zero-order valence-electron chi connectivity index (χ0n) is 9.02. The summed E-state index contributed by atoms with van der Waals surface area (Å²) in [6.07, 6.45) is 1.48. The van der Waals surface area contributed by atoms with E-state index in [-0.39, 0.29) is 11.3 Å². The van der Waals surface area contributed by atoms with E-state index in [2.05, 4.69) is 26.2 Å². The first-order valence-electron chi connectivity index (χ1n) is 4.97. The second kappa shape index (κ2) is 5.37. The molecular weight excluding hydrogens is 320 g/mol. The monoisotopic (exact) mass is 326 g/mol. The number of carbonyl (C=O) groups is 1. The Hall–Kier alpha value is -1.59. The summed E-state index contributed by atoms with van der Waals surface area (Å²) in [6, 6.07) is 7.73. The summed E-state index contributed by atoms with van der Waals surface area (Å²) in [5, 5.41) is 12.6. The van der Waals surface area contributed by atoms with Crippen molar-refractivity contribution in [2.24, 2.45) is 0 Å². The number of amides is 1. The quantitative estimate of drug-likeness (QED) is 0.888. The van der Waals surface area contributed by atoms with Crippen LogP contribution in [0.3, 0.4) is 0 Å². The first-order chi connectivity index (χ1) is 8.56. The molecule has 0 spiro atoms. The molecule has 2 rings (SSSR count). The molecule has 1 aromatic heterocycles. The molecule has 6 heteroatoms. The highest BCUT2D eigenvalue weighted by molar-refractivity contribution is 9.10. The number of rotatable bonds is 2. The van der Waals surface area contributed by atoms with Gasteiger partial charge in [0.1, 0.15) is 11.6 Å². The SMILES string of the molecule is O=C(Nc1cc(Cl)ccn1)c1cc(Br)ccc1O. The fourth-order valence-electron chi connectivity index (χ4n) is 1.35. The van der Waals surface area contributed by atoms with E-state index in [1.165, 1.54) is 24.4 Å². The fraction of sp³-hybridized carbons (Fsp3) is 0. The first-order valence-corrected chi connectivity index (χ1v) is 6.15. The van der Waals surface area contributed by atoms with Crippen molar-refractivity contribution in [1.82, 2.24) is 4.98 Å². The average molecular weight is 328 g/mol. The molecule has 1 aromatic carbocycles. The van der Waals surface area contributed by atoms with Gasteiger partial charge in [0.25, 0.3) is 5.91 Å². The summed E-state index contributed by atoms with van der Waals surface area (Å²) in [5.41, 5.74) is 0.158. The Labute approximate surface area is 117 Å². The number of benzene rings is 1. The Morgan fingerprint density at radius 1 is 1.33 bits per heavy atom. The molecule has 1 amide bonds. The van der Waals surface area contributed by atoms with Gasteiger partial charge in [-0.25, -0.2) is 4.98 Å². The zero-order chi connectivity index (χ0) is 13.1. The molecule has 0 aliphatic rings. The molecule has 0 bridgehead atoms. The molecule has 0 radical (unpaired) electrons. The van der Waals surface area contributed by atoms with Crippen molar-refractivity contribution in [3.63, 3.8) is 0 Å². The van der Waals surface area contributed by atoms with E-state index in [9.17, 15) is 9.90 Å². The van der Waals surface area contributed by atoms with Crippen molar-refractivity contribution in [2.75, 3.05) is 5.32 Å².